The largest absolute Gasteiger partial charge is 0.380 e. The Morgan fingerprint density at radius 1 is 1.38 bits per heavy atom. The quantitative estimate of drug-likeness (QED) is 0.943. The first-order valence-electron chi connectivity index (χ1n) is 6.73. The summed E-state index contributed by atoms with van der Waals surface area (Å²) in [5.74, 6) is 0.367. The lowest BCUT2D eigenvalue weighted by atomic mass is 9.79. The molecule has 1 aliphatic rings. The van der Waals surface area contributed by atoms with Gasteiger partial charge in [-0.05, 0) is 24.1 Å². The molecule has 0 saturated carbocycles. The molecule has 2 heterocycles. The first kappa shape index (κ1) is 14.2. The third kappa shape index (κ3) is 3.14. The summed E-state index contributed by atoms with van der Waals surface area (Å²) < 4.78 is 19.0. The second-order valence-corrected chi connectivity index (χ2v) is 5.56. The summed E-state index contributed by atoms with van der Waals surface area (Å²) in [7, 11) is 0. The van der Waals surface area contributed by atoms with E-state index >= 15 is 0 Å². The number of hydrogen-bond acceptors (Lipinski definition) is 4. The third-order valence-corrected chi connectivity index (χ3v) is 3.94. The molecule has 0 spiro atoms. The summed E-state index contributed by atoms with van der Waals surface area (Å²) in [6.45, 7) is 1.81. The second kappa shape index (κ2) is 5.95. The van der Waals surface area contributed by atoms with Crippen molar-refractivity contribution in [3.8, 4) is 0 Å². The molecule has 1 aromatic carbocycles. The monoisotopic (exact) mass is 307 g/mol. The van der Waals surface area contributed by atoms with E-state index in [1.54, 1.807) is 18.3 Å². The van der Waals surface area contributed by atoms with E-state index in [0.717, 1.165) is 12.0 Å². The van der Waals surface area contributed by atoms with E-state index < -0.39 is 0 Å². The molecule has 21 heavy (non-hydrogen) atoms. The molecule has 1 aromatic heterocycles. The highest BCUT2D eigenvalue weighted by Crippen LogP contribution is 2.33. The summed E-state index contributed by atoms with van der Waals surface area (Å²) in [6.07, 6.45) is 3.92. The van der Waals surface area contributed by atoms with Crippen molar-refractivity contribution in [3.05, 3.63) is 53.2 Å². The highest BCUT2D eigenvalue weighted by molar-refractivity contribution is 6.29. The van der Waals surface area contributed by atoms with Gasteiger partial charge < -0.3 is 10.1 Å². The maximum absolute atomic E-state index is 13.5. The highest BCUT2D eigenvalue weighted by Gasteiger charge is 2.37. The van der Waals surface area contributed by atoms with Crippen LogP contribution in [-0.4, -0.2) is 29.7 Å². The normalized spacial score (nSPS) is 21.4. The van der Waals surface area contributed by atoms with E-state index in [2.05, 4.69) is 15.3 Å². The fraction of sp³-hybridized carbons (Fsp3) is 0.333. The first-order valence-corrected chi connectivity index (χ1v) is 7.11. The van der Waals surface area contributed by atoms with Gasteiger partial charge in [0, 0.05) is 18.6 Å². The number of halogens is 2. The van der Waals surface area contributed by atoms with Crippen molar-refractivity contribution in [2.45, 2.75) is 11.8 Å². The van der Waals surface area contributed by atoms with E-state index in [0.29, 0.717) is 30.7 Å². The fourth-order valence-corrected chi connectivity index (χ4v) is 2.73. The minimum absolute atomic E-state index is 0.235. The Morgan fingerprint density at radius 2 is 2.29 bits per heavy atom. The lowest BCUT2D eigenvalue weighted by Crippen LogP contribution is -2.35. The van der Waals surface area contributed by atoms with Gasteiger partial charge in [0.2, 0.25) is 0 Å². The lowest BCUT2D eigenvalue weighted by molar-refractivity contribution is 0.179. The van der Waals surface area contributed by atoms with E-state index in [-0.39, 0.29) is 11.2 Å². The number of nitrogens with zero attached hydrogens (tertiary/aromatic N) is 2. The smallest absolute Gasteiger partial charge is 0.149 e. The van der Waals surface area contributed by atoms with Gasteiger partial charge in [-0.1, -0.05) is 23.7 Å². The van der Waals surface area contributed by atoms with Gasteiger partial charge >= 0.3 is 0 Å². The molecule has 1 saturated heterocycles. The van der Waals surface area contributed by atoms with Crippen LogP contribution in [0.4, 0.5) is 10.2 Å². The van der Waals surface area contributed by atoms with Crippen molar-refractivity contribution in [2.24, 2.45) is 0 Å². The predicted octanol–water partition coefficient (Wildman–Crippen LogP) is 3.04. The second-order valence-electron chi connectivity index (χ2n) is 5.17. The van der Waals surface area contributed by atoms with Crippen molar-refractivity contribution in [2.75, 3.05) is 25.1 Å². The van der Waals surface area contributed by atoms with Crippen molar-refractivity contribution >= 4 is 17.4 Å². The van der Waals surface area contributed by atoms with Crippen LogP contribution < -0.4 is 5.32 Å². The van der Waals surface area contributed by atoms with Crippen molar-refractivity contribution < 1.29 is 9.13 Å². The molecule has 1 N–H and O–H groups in total. The topological polar surface area (TPSA) is 47.0 Å². The van der Waals surface area contributed by atoms with Gasteiger partial charge in [0.1, 0.15) is 16.8 Å². The van der Waals surface area contributed by atoms with Crippen LogP contribution in [0.15, 0.2) is 36.7 Å². The molecule has 6 heteroatoms. The van der Waals surface area contributed by atoms with E-state index in [9.17, 15) is 4.39 Å². The number of hydrogen-bond donors (Lipinski definition) is 1. The predicted molar refractivity (Wildman–Crippen MR) is 79.0 cm³/mol. The zero-order valence-electron chi connectivity index (χ0n) is 11.4. The molecule has 0 bridgehead atoms. The molecule has 110 valence electrons. The van der Waals surface area contributed by atoms with Crippen LogP contribution in [0.1, 0.15) is 12.0 Å². The van der Waals surface area contributed by atoms with Crippen LogP contribution in [0.2, 0.25) is 5.15 Å². The number of nitrogens with one attached hydrogen (secondary N) is 1. The summed E-state index contributed by atoms with van der Waals surface area (Å²) in [5, 5.41) is 3.56. The molecule has 0 radical (unpaired) electrons. The van der Waals surface area contributed by atoms with Gasteiger partial charge in [0.05, 0.1) is 19.0 Å². The van der Waals surface area contributed by atoms with Crippen LogP contribution in [0.25, 0.3) is 0 Å². The number of aromatic nitrogens is 2. The van der Waals surface area contributed by atoms with E-state index in [4.69, 9.17) is 16.3 Å². The average molecular weight is 308 g/mol. The number of ether oxygens (including phenoxy) is 1. The minimum Gasteiger partial charge on any atom is -0.380 e. The first-order chi connectivity index (χ1) is 10.2. The summed E-state index contributed by atoms with van der Waals surface area (Å²) in [6, 6.07) is 6.68. The molecule has 3 rings (SSSR count). The maximum Gasteiger partial charge on any atom is 0.149 e. The van der Waals surface area contributed by atoms with Gasteiger partial charge in [-0.25, -0.2) is 9.37 Å². The number of benzene rings is 1. The molecular weight excluding hydrogens is 293 g/mol. The Balaban J connectivity index is 1.81. The van der Waals surface area contributed by atoms with Gasteiger partial charge in [-0.3, -0.25) is 4.98 Å². The molecule has 1 fully saturated rings. The van der Waals surface area contributed by atoms with Crippen LogP contribution in [0.5, 0.6) is 0 Å². The molecule has 2 aromatic rings. The highest BCUT2D eigenvalue weighted by atomic mass is 35.5. The standard InChI is InChI=1S/C15H15ClFN3O/c16-13-7-18-8-14(20-13)19-9-15(4-5-21-10-15)11-2-1-3-12(17)6-11/h1-3,6-8H,4-5,9-10H2,(H,19,20). The lowest BCUT2D eigenvalue weighted by Gasteiger charge is -2.28. The van der Waals surface area contributed by atoms with E-state index in [1.807, 2.05) is 6.07 Å². The molecular formula is C15H15ClFN3O. The van der Waals surface area contributed by atoms with Gasteiger partial charge in [-0.2, -0.15) is 0 Å². The van der Waals surface area contributed by atoms with Gasteiger partial charge in [0.25, 0.3) is 0 Å². The zero-order chi connectivity index (χ0) is 14.7. The molecule has 0 aliphatic carbocycles. The Bertz CT molecular complexity index is 632. The van der Waals surface area contributed by atoms with Crippen molar-refractivity contribution in [1.29, 1.82) is 0 Å². The summed E-state index contributed by atoms with van der Waals surface area (Å²) in [4.78, 5) is 8.14. The summed E-state index contributed by atoms with van der Waals surface area (Å²) in [5.41, 5.74) is 0.675. The van der Waals surface area contributed by atoms with Gasteiger partial charge in [0.15, 0.2) is 0 Å². The Morgan fingerprint density at radius 3 is 3.00 bits per heavy atom. The molecule has 4 nitrogen and oxygen atoms in total. The average Bonchev–Trinajstić information content (AvgIpc) is 2.95. The summed E-state index contributed by atoms with van der Waals surface area (Å²) >= 11 is 5.82. The fourth-order valence-electron chi connectivity index (χ4n) is 2.58. The maximum atomic E-state index is 13.5. The van der Waals surface area contributed by atoms with Crippen LogP contribution in [-0.2, 0) is 10.2 Å². The van der Waals surface area contributed by atoms with Crippen LogP contribution in [0.3, 0.4) is 0 Å². The molecule has 1 aliphatic heterocycles. The molecule has 1 unspecified atom stereocenters. The molecule has 0 amide bonds. The van der Waals surface area contributed by atoms with Crippen molar-refractivity contribution in [1.82, 2.24) is 9.97 Å². The van der Waals surface area contributed by atoms with E-state index in [1.165, 1.54) is 12.3 Å². The number of rotatable bonds is 4. The Hall–Kier alpha value is -1.72. The van der Waals surface area contributed by atoms with Crippen LogP contribution in [0, 0.1) is 5.82 Å². The third-order valence-electron chi connectivity index (χ3n) is 3.75. The van der Waals surface area contributed by atoms with Crippen molar-refractivity contribution in [3.63, 3.8) is 0 Å². The number of anilines is 1. The van der Waals surface area contributed by atoms with Crippen LogP contribution >= 0.6 is 11.6 Å². The Labute approximate surface area is 127 Å². The minimum atomic E-state index is -0.258. The molecule has 1 atom stereocenters. The Kier molecular flexibility index (Phi) is 4.03. The van der Waals surface area contributed by atoms with Gasteiger partial charge in [-0.15, -0.1) is 0 Å². The zero-order valence-corrected chi connectivity index (χ0v) is 12.1. The SMILES string of the molecule is Fc1cccc(C2(CNc3cncc(Cl)n3)CCOC2)c1.